The fourth-order valence-corrected chi connectivity index (χ4v) is 2.63. The molecule has 0 saturated carbocycles. The van der Waals surface area contributed by atoms with Crippen LogP contribution in [0.3, 0.4) is 0 Å². The van der Waals surface area contributed by atoms with Crippen LogP contribution in [0.4, 0.5) is 0 Å². The van der Waals surface area contributed by atoms with Crippen LogP contribution in [0.25, 0.3) is 11.3 Å². The molecule has 0 unspecified atom stereocenters. The summed E-state index contributed by atoms with van der Waals surface area (Å²) in [4.78, 5) is 29.8. The minimum absolute atomic E-state index is 0.308. The minimum atomic E-state index is -0.567. The molecule has 0 spiro atoms. The van der Waals surface area contributed by atoms with E-state index in [-0.39, 0.29) is 12.5 Å². The fourth-order valence-electron chi connectivity index (χ4n) is 2.63. The number of benzene rings is 2. The van der Waals surface area contributed by atoms with Crippen molar-refractivity contribution in [2.45, 2.75) is 6.54 Å². The standard InChI is InChI=1S/C21H20N2O5/c1-23(12-17-5-3-4-6-18(17)26-2)20(24)13-27-21(25)16-9-7-15(8-10-16)19-11-22-14-28-19/h3-11,14H,12-13H2,1-2H3. The smallest absolute Gasteiger partial charge is 0.338 e. The molecule has 28 heavy (non-hydrogen) atoms. The summed E-state index contributed by atoms with van der Waals surface area (Å²) in [5, 5.41) is 0. The molecule has 0 aliphatic rings. The molecule has 0 atom stereocenters. The number of amides is 1. The van der Waals surface area contributed by atoms with Gasteiger partial charge in [-0.3, -0.25) is 4.79 Å². The zero-order valence-electron chi connectivity index (χ0n) is 15.6. The number of carbonyl (C=O) groups is 2. The Balaban J connectivity index is 1.54. The van der Waals surface area contributed by atoms with Gasteiger partial charge in [0.1, 0.15) is 5.75 Å². The van der Waals surface area contributed by atoms with E-state index in [0.717, 1.165) is 11.1 Å². The van der Waals surface area contributed by atoms with Crippen LogP contribution in [-0.4, -0.2) is 42.5 Å². The lowest BCUT2D eigenvalue weighted by Gasteiger charge is -2.18. The molecule has 0 N–H and O–H groups in total. The third-order valence-corrected chi connectivity index (χ3v) is 4.19. The van der Waals surface area contributed by atoms with E-state index in [9.17, 15) is 9.59 Å². The summed E-state index contributed by atoms with van der Waals surface area (Å²) in [6.07, 6.45) is 2.92. The Morgan fingerprint density at radius 3 is 2.54 bits per heavy atom. The molecule has 3 rings (SSSR count). The van der Waals surface area contributed by atoms with Gasteiger partial charge in [-0.1, -0.05) is 30.3 Å². The van der Waals surface area contributed by atoms with E-state index in [2.05, 4.69) is 4.98 Å². The van der Waals surface area contributed by atoms with Crippen molar-refractivity contribution in [1.82, 2.24) is 9.88 Å². The third kappa shape index (κ3) is 4.56. The second kappa shape index (κ2) is 8.85. The zero-order chi connectivity index (χ0) is 19.9. The van der Waals surface area contributed by atoms with Crippen molar-refractivity contribution in [1.29, 1.82) is 0 Å². The van der Waals surface area contributed by atoms with Crippen molar-refractivity contribution in [2.75, 3.05) is 20.8 Å². The van der Waals surface area contributed by atoms with Gasteiger partial charge in [0.25, 0.3) is 5.91 Å². The first kappa shape index (κ1) is 19.2. The maximum atomic E-state index is 12.3. The molecule has 1 amide bonds. The maximum absolute atomic E-state index is 12.3. The molecule has 0 aliphatic carbocycles. The van der Waals surface area contributed by atoms with Gasteiger partial charge < -0.3 is 18.8 Å². The van der Waals surface area contributed by atoms with Gasteiger partial charge in [-0.2, -0.15) is 0 Å². The summed E-state index contributed by atoms with van der Waals surface area (Å²) in [5.74, 6) is 0.430. The number of esters is 1. The highest BCUT2D eigenvalue weighted by Gasteiger charge is 2.15. The van der Waals surface area contributed by atoms with Crippen LogP contribution in [-0.2, 0) is 16.1 Å². The van der Waals surface area contributed by atoms with Crippen LogP contribution < -0.4 is 4.74 Å². The molecule has 0 radical (unpaired) electrons. The lowest BCUT2D eigenvalue weighted by molar-refractivity contribution is -0.133. The van der Waals surface area contributed by atoms with Crippen LogP contribution >= 0.6 is 0 Å². The number of ether oxygens (including phenoxy) is 2. The first-order chi connectivity index (χ1) is 13.6. The minimum Gasteiger partial charge on any atom is -0.496 e. The van der Waals surface area contributed by atoms with Gasteiger partial charge >= 0.3 is 5.97 Å². The second-order valence-electron chi connectivity index (χ2n) is 6.08. The van der Waals surface area contributed by atoms with E-state index in [4.69, 9.17) is 13.9 Å². The van der Waals surface area contributed by atoms with Gasteiger partial charge in [-0.25, -0.2) is 9.78 Å². The molecule has 7 nitrogen and oxygen atoms in total. The topological polar surface area (TPSA) is 81.9 Å². The van der Waals surface area contributed by atoms with Crippen molar-refractivity contribution in [3.8, 4) is 17.1 Å². The number of oxazole rings is 1. The maximum Gasteiger partial charge on any atom is 0.338 e. The molecule has 1 aromatic heterocycles. The molecule has 144 valence electrons. The summed E-state index contributed by atoms with van der Waals surface area (Å²) < 4.78 is 15.6. The molecule has 1 heterocycles. The number of para-hydroxylation sites is 1. The Labute approximate surface area is 162 Å². The van der Waals surface area contributed by atoms with E-state index in [1.165, 1.54) is 11.3 Å². The van der Waals surface area contributed by atoms with E-state index in [1.54, 1.807) is 44.6 Å². The molecule has 0 bridgehead atoms. The third-order valence-electron chi connectivity index (χ3n) is 4.19. The average Bonchev–Trinajstić information content (AvgIpc) is 3.27. The Kier molecular flexibility index (Phi) is 6.06. The Morgan fingerprint density at radius 2 is 1.86 bits per heavy atom. The monoisotopic (exact) mass is 380 g/mol. The quantitative estimate of drug-likeness (QED) is 0.586. The van der Waals surface area contributed by atoms with Crippen molar-refractivity contribution in [2.24, 2.45) is 0 Å². The van der Waals surface area contributed by atoms with Crippen molar-refractivity contribution >= 4 is 11.9 Å². The number of methoxy groups -OCH3 is 1. The summed E-state index contributed by atoms with van der Waals surface area (Å²) in [5.41, 5.74) is 2.01. The molecule has 7 heteroatoms. The number of hydrogen-bond acceptors (Lipinski definition) is 6. The average molecular weight is 380 g/mol. The lowest BCUT2D eigenvalue weighted by atomic mass is 10.1. The molecular weight excluding hydrogens is 360 g/mol. The van der Waals surface area contributed by atoms with E-state index in [1.807, 2.05) is 24.3 Å². The van der Waals surface area contributed by atoms with Crippen LogP contribution in [0.15, 0.2) is 65.5 Å². The molecule has 3 aromatic rings. The Hall–Kier alpha value is -3.61. The lowest BCUT2D eigenvalue weighted by Crippen LogP contribution is -2.31. The number of nitrogens with zero attached hydrogens (tertiary/aromatic N) is 2. The Bertz CT molecular complexity index is 936. The van der Waals surface area contributed by atoms with Crippen LogP contribution in [0, 0.1) is 0 Å². The first-order valence-corrected chi connectivity index (χ1v) is 8.60. The van der Waals surface area contributed by atoms with Crippen LogP contribution in [0.1, 0.15) is 15.9 Å². The summed E-state index contributed by atoms with van der Waals surface area (Å²) in [7, 11) is 3.23. The molecule has 0 fully saturated rings. The predicted molar refractivity (Wildman–Crippen MR) is 102 cm³/mol. The van der Waals surface area contributed by atoms with Gasteiger partial charge in [0.15, 0.2) is 18.8 Å². The van der Waals surface area contributed by atoms with Crippen molar-refractivity contribution < 1.29 is 23.5 Å². The summed E-state index contributed by atoms with van der Waals surface area (Å²) in [6, 6.07) is 14.1. The Morgan fingerprint density at radius 1 is 1.11 bits per heavy atom. The number of aromatic nitrogens is 1. The van der Waals surface area contributed by atoms with Crippen molar-refractivity contribution in [3.63, 3.8) is 0 Å². The van der Waals surface area contributed by atoms with Crippen molar-refractivity contribution in [3.05, 3.63) is 72.2 Å². The van der Waals surface area contributed by atoms with E-state index in [0.29, 0.717) is 23.6 Å². The highest BCUT2D eigenvalue weighted by Crippen LogP contribution is 2.20. The molecular formula is C21H20N2O5. The van der Waals surface area contributed by atoms with E-state index < -0.39 is 5.97 Å². The number of carbonyl (C=O) groups excluding carboxylic acids is 2. The van der Waals surface area contributed by atoms with Gasteiger partial charge in [0.2, 0.25) is 0 Å². The number of likely N-dealkylation sites (N-methyl/N-ethyl adjacent to an activating group) is 1. The van der Waals surface area contributed by atoms with Crippen LogP contribution in [0.5, 0.6) is 5.75 Å². The predicted octanol–water partition coefficient (Wildman–Crippen LogP) is 3.17. The first-order valence-electron chi connectivity index (χ1n) is 8.60. The fraction of sp³-hybridized carbons (Fsp3) is 0.190. The summed E-state index contributed by atoms with van der Waals surface area (Å²) >= 11 is 0. The van der Waals surface area contributed by atoms with E-state index >= 15 is 0 Å². The van der Waals surface area contributed by atoms with Crippen LogP contribution in [0.2, 0.25) is 0 Å². The summed E-state index contributed by atoms with van der Waals surface area (Å²) in [6.45, 7) is 0.0145. The van der Waals surface area contributed by atoms with Gasteiger partial charge in [0.05, 0.1) is 18.9 Å². The number of hydrogen-bond donors (Lipinski definition) is 0. The normalized spacial score (nSPS) is 10.4. The SMILES string of the molecule is COc1ccccc1CN(C)C(=O)COC(=O)c1ccc(-c2cnco2)cc1. The molecule has 0 aliphatic heterocycles. The molecule has 2 aromatic carbocycles. The second-order valence-corrected chi connectivity index (χ2v) is 6.08. The molecule has 0 saturated heterocycles. The van der Waals surface area contributed by atoms with Gasteiger partial charge in [-0.05, 0) is 18.2 Å². The highest BCUT2D eigenvalue weighted by atomic mass is 16.5. The largest absolute Gasteiger partial charge is 0.496 e. The number of rotatable bonds is 7. The van der Waals surface area contributed by atoms with Gasteiger partial charge in [-0.15, -0.1) is 0 Å². The zero-order valence-corrected chi connectivity index (χ0v) is 15.6. The van der Waals surface area contributed by atoms with Gasteiger partial charge in [0, 0.05) is 24.7 Å². The highest BCUT2D eigenvalue weighted by molar-refractivity contribution is 5.91.